The van der Waals surface area contributed by atoms with Crippen LogP contribution in [0.25, 0.3) is 0 Å². The van der Waals surface area contributed by atoms with E-state index in [1.807, 2.05) is 19.9 Å². The largest absolute Gasteiger partial charge is 0.386 e. The van der Waals surface area contributed by atoms with Crippen LogP contribution >= 0.6 is 11.6 Å². The Kier molecular flexibility index (Phi) is 2.75. The van der Waals surface area contributed by atoms with Gasteiger partial charge in [0.25, 0.3) is 5.91 Å². The van der Waals surface area contributed by atoms with Crippen LogP contribution in [0.2, 0.25) is 5.02 Å². The number of hydrogen-bond acceptors (Lipinski definition) is 6. The van der Waals surface area contributed by atoms with Crippen molar-refractivity contribution in [3.05, 3.63) is 34.9 Å². The molecule has 0 amide bonds. The minimum atomic E-state index is -1.56. The summed E-state index contributed by atoms with van der Waals surface area (Å²) in [5.41, 5.74) is 3.28. The lowest BCUT2D eigenvalue weighted by Gasteiger charge is -2.30. The number of aliphatic imine (C=N–C) groups is 1. The number of halogens is 1. The highest BCUT2D eigenvalue weighted by atomic mass is 35.5. The van der Waals surface area contributed by atoms with E-state index in [1.165, 1.54) is 0 Å². The van der Waals surface area contributed by atoms with Crippen LogP contribution in [0.1, 0.15) is 19.4 Å². The molecular weight excluding hydrogens is 328 g/mol. The predicted octanol–water partition coefficient (Wildman–Crippen LogP) is 2.09. The third-order valence-electron chi connectivity index (χ3n) is 5.74. The van der Waals surface area contributed by atoms with Crippen LogP contribution in [0.15, 0.2) is 29.3 Å². The summed E-state index contributed by atoms with van der Waals surface area (Å²) in [6, 6.07) is 11.6. The molecule has 0 aromatic heterocycles. The summed E-state index contributed by atoms with van der Waals surface area (Å²) < 4.78 is 11.7. The summed E-state index contributed by atoms with van der Waals surface area (Å²) in [6.45, 7) is 3.94. The number of rotatable bonds is 1. The number of ether oxygens (including phenoxy) is 2. The molecule has 0 bridgehead atoms. The quantitative estimate of drug-likeness (QED) is 0.841. The Morgan fingerprint density at radius 1 is 1.38 bits per heavy atom. The molecule has 0 radical (unpaired) electrons. The van der Waals surface area contributed by atoms with E-state index in [0.29, 0.717) is 5.02 Å². The van der Waals surface area contributed by atoms with Gasteiger partial charge in [-0.2, -0.15) is 10.5 Å². The maximum absolute atomic E-state index is 10.1. The zero-order chi connectivity index (χ0) is 17.4. The van der Waals surface area contributed by atoms with Crippen molar-refractivity contribution in [1.29, 1.82) is 10.5 Å². The molecule has 0 unspecified atom stereocenters. The summed E-state index contributed by atoms with van der Waals surface area (Å²) in [5.74, 6) is -1.49. The van der Waals surface area contributed by atoms with Crippen molar-refractivity contribution >= 4 is 17.4 Å². The van der Waals surface area contributed by atoms with Crippen molar-refractivity contribution in [1.82, 2.24) is 0 Å². The fourth-order valence-electron chi connectivity index (χ4n) is 4.62. The van der Waals surface area contributed by atoms with Gasteiger partial charge >= 0.3 is 0 Å². The van der Waals surface area contributed by atoms with Crippen LogP contribution in [-0.4, -0.2) is 24.5 Å². The molecule has 1 aromatic carbocycles. The summed E-state index contributed by atoms with van der Waals surface area (Å²) in [7, 11) is 0. The van der Waals surface area contributed by atoms with E-state index in [9.17, 15) is 10.5 Å². The van der Waals surface area contributed by atoms with Crippen LogP contribution in [-0.2, 0) is 14.9 Å². The zero-order valence-corrected chi connectivity index (χ0v) is 14.0. The molecule has 1 spiro atoms. The number of benzene rings is 1. The summed E-state index contributed by atoms with van der Waals surface area (Å²) in [6.07, 6.45) is -0.245. The van der Waals surface area contributed by atoms with Crippen LogP contribution in [0.4, 0.5) is 0 Å². The first-order valence-corrected chi connectivity index (χ1v) is 7.99. The van der Waals surface area contributed by atoms with Gasteiger partial charge in [0.05, 0.1) is 24.8 Å². The van der Waals surface area contributed by atoms with Crippen LogP contribution in [0.5, 0.6) is 0 Å². The summed E-state index contributed by atoms with van der Waals surface area (Å²) in [5, 5.41) is 20.7. The Morgan fingerprint density at radius 3 is 2.67 bits per heavy atom. The normalized spacial score (nSPS) is 45.4. The molecule has 3 aliphatic rings. The molecule has 1 aromatic rings. The first-order chi connectivity index (χ1) is 11.3. The number of fused-ring (bicyclic) bond motifs is 2. The van der Waals surface area contributed by atoms with Crippen molar-refractivity contribution in [2.45, 2.75) is 31.3 Å². The second-order valence-electron chi connectivity index (χ2n) is 6.68. The molecule has 1 saturated heterocycles. The molecule has 122 valence electrons. The predicted molar refractivity (Wildman–Crippen MR) is 85.7 cm³/mol. The van der Waals surface area contributed by atoms with Crippen molar-refractivity contribution in [2.24, 2.45) is 21.6 Å². The Morgan fingerprint density at radius 2 is 2.12 bits per heavy atom. The smallest absolute Gasteiger partial charge is 0.294 e. The van der Waals surface area contributed by atoms with E-state index < -0.39 is 22.2 Å². The lowest BCUT2D eigenvalue weighted by molar-refractivity contribution is -0.196. The average Bonchev–Trinajstić information content (AvgIpc) is 2.73. The van der Waals surface area contributed by atoms with Gasteiger partial charge < -0.3 is 15.2 Å². The van der Waals surface area contributed by atoms with Gasteiger partial charge in [-0.15, -0.1) is 0 Å². The Bertz CT molecular complexity index is 874. The van der Waals surface area contributed by atoms with E-state index >= 15 is 0 Å². The molecule has 6 nitrogen and oxygen atoms in total. The van der Waals surface area contributed by atoms with Gasteiger partial charge in [-0.3, -0.25) is 0 Å². The van der Waals surface area contributed by atoms with Gasteiger partial charge in [0.2, 0.25) is 0 Å². The van der Waals surface area contributed by atoms with E-state index in [-0.39, 0.29) is 18.5 Å². The molecule has 1 aliphatic carbocycles. The lowest BCUT2D eigenvalue weighted by Crippen LogP contribution is -2.42. The van der Waals surface area contributed by atoms with Crippen LogP contribution < -0.4 is 5.73 Å². The fraction of sp³-hybridized carbons (Fsp3) is 0.471. The Balaban J connectivity index is 2.00. The van der Waals surface area contributed by atoms with Crippen molar-refractivity contribution in [3.8, 4) is 12.1 Å². The van der Waals surface area contributed by atoms with Gasteiger partial charge in [0, 0.05) is 10.4 Å². The second-order valence-corrected chi connectivity index (χ2v) is 7.11. The van der Waals surface area contributed by atoms with E-state index in [1.54, 1.807) is 18.2 Å². The number of nitriles is 2. The van der Waals surface area contributed by atoms with Gasteiger partial charge in [-0.1, -0.05) is 30.7 Å². The Labute approximate surface area is 144 Å². The molecule has 24 heavy (non-hydrogen) atoms. The minimum absolute atomic E-state index is 0.0723. The van der Waals surface area contributed by atoms with Crippen molar-refractivity contribution in [2.75, 3.05) is 6.61 Å². The van der Waals surface area contributed by atoms with Crippen LogP contribution in [0.3, 0.4) is 0 Å². The average molecular weight is 343 g/mol. The molecular formula is C17H15ClN4O2. The molecule has 2 heterocycles. The lowest BCUT2D eigenvalue weighted by atomic mass is 9.84. The third kappa shape index (κ3) is 1.23. The molecule has 1 saturated carbocycles. The first kappa shape index (κ1) is 15.4. The zero-order valence-electron chi connectivity index (χ0n) is 13.2. The van der Waals surface area contributed by atoms with E-state index in [4.69, 9.17) is 26.8 Å². The highest BCUT2D eigenvalue weighted by Crippen LogP contribution is 2.85. The third-order valence-corrected chi connectivity index (χ3v) is 5.97. The number of hydrogen-bond donors (Lipinski definition) is 1. The molecule has 2 aliphatic heterocycles. The standard InChI is InChI=1S/C17H15ClN4O2/c1-10-7-23-17(24-10)16(9-20)14(2,11-4-3-5-12(18)6-11)15(16,8-19)13(21)22-17/h3-6,10H,7H2,1-2H3,(H2,21,22)/t10-,14-,15-,16+,17-/m0/s1. The molecule has 2 N–H and O–H groups in total. The monoisotopic (exact) mass is 342 g/mol. The second kappa shape index (κ2) is 4.29. The molecule has 7 heteroatoms. The topological polar surface area (TPSA) is 104 Å². The number of amidine groups is 1. The maximum atomic E-state index is 10.1. The first-order valence-electron chi connectivity index (χ1n) is 7.61. The van der Waals surface area contributed by atoms with Gasteiger partial charge in [-0.25, -0.2) is 4.99 Å². The SMILES string of the molecule is C[C@H]1CO[C@]2(N=C(N)[C@@]3(C#N)[C@](C)(c4cccc(Cl)c4)[C@@]23C#N)O1. The molecule has 2 fully saturated rings. The fourth-order valence-corrected chi connectivity index (χ4v) is 4.81. The maximum Gasteiger partial charge on any atom is 0.294 e. The highest BCUT2D eigenvalue weighted by molar-refractivity contribution is 6.30. The van der Waals surface area contributed by atoms with E-state index in [2.05, 4.69) is 17.1 Å². The number of nitrogens with zero attached hydrogens (tertiary/aromatic N) is 3. The van der Waals surface area contributed by atoms with Crippen molar-refractivity contribution in [3.63, 3.8) is 0 Å². The molecule has 4 rings (SSSR count). The Hall–Kier alpha value is -2.12. The van der Waals surface area contributed by atoms with Gasteiger partial charge in [0.1, 0.15) is 5.84 Å². The van der Waals surface area contributed by atoms with Gasteiger partial charge in [0.15, 0.2) is 10.8 Å². The summed E-state index contributed by atoms with van der Waals surface area (Å²) in [4.78, 5) is 4.30. The summed E-state index contributed by atoms with van der Waals surface area (Å²) >= 11 is 6.13. The highest BCUT2D eigenvalue weighted by Gasteiger charge is 3.00. The van der Waals surface area contributed by atoms with E-state index in [0.717, 1.165) is 5.56 Å². The number of nitrogens with two attached hydrogens (primary N) is 1. The van der Waals surface area contributed by atoms with Gasteiger partial charge in [-0.05, 0) is 24.6 Å². The van der Waals surface area contributed by atoms with Crippen LogP contribution in [0, 0.1) is 33.5 Å². The van der Waals surface area contributed by atoms with Crippen molar-refractivity contribution < 1.29 is 9.47 Å². The molecule has 5 atom stereocenters. The minimum Gasteiger partial charge on any atom is -0.386 e.